The second-order valence-corrected chi connectivity index (χ2v) is 8.65. The predicted molar refractivity (Wildman–Crippen MR) is 96.7 cm³/mol. The van der Waals surface area contributed by atoms with Crippen LogP contribution >= 0.6 is 7.82 Å². The van der Waals surface area contributed by atoms with Gasteiger partial charge in [0.25, 0.3) is 0 Å². The van der Waals surface area contributed by atoms with E-state index in [2.05, 4.69) is 24.1 Å². The van der Waals surface area contributed by atoms with E-state index in [1.807, 2.05) is 12.1 Å². The molecule has 2 aliphatic carbocycles. The zero-order chi connectivity index (χ0) is 19.6. The summed E-state index contributed by atoms with van der Waals surface area (Å²) in [6, 6.07) is 4.70. The van der Waals surface area contributed by atoms with E-state index in [1.165, 1.54) is 11.1 Å². The Labute approximate surface area is 157 Å². The van der Waals surface area contributed by atoms with E-state index >= 15 is 0 Å². The van der Waals surface area contributed by atoms with Gasteiger partial charge in [-0.05, 0) is 38.1 Å². The third-order valence-corrected chi connectivity index (χ3v) is 6.35. The number of likely N-dealkylation sites (N-methyl/N-ethyl adjacent to an activating group) is 1. The number of likely N-dealkylation sites (tertiary alicyclic amines) is 1. The molecule has 1 spiro atoms. The number of phosphoric acid groups is 1. The molecule has 148 valence electrons. The first-order valence-corrected chi connectivity index (χ1v) is 10.4. The van der Waals surface area contributed by atoms with Gasteiger partial charge in [-0.25, -0.2) is 4.57 Å². The van der Waals surface area contributed by atoms with Crippen LogP contribution in [0.3, 0.4) is 0 Å². The summed E-state index contributed by atoms with van der Waals surface area (Å²) >= 11 is 0. The minimum Gasteiger partial charge on any atom is -0.493 e. The van der Waals surface area contributed by atoms with E-state index in [4.69, 9.17) is 28.7 Å². The van der Waals surface area contributed by atoms with Crippen molar-refractivity contribution in [1.82, 2.24) is 4.90 Å². The Balaban J connectivity index is 0.000000323. The van der Waals surface area contributed by atoms with Gasteiger partial charge in [0, 0.05) is 22.9 Å². The summed E-state index contributed by atoms with van der Waals surface area (Å²) in [5.74, 6) is 2.09. The molecule has 2 heterocycles. The van der Waals surface area contributed by atoms with Crippen molar-refractivity contribution in [2.75, 3.05) is 20.7 Å². The Morgan fingerprint density at radius 3 is 2.67 bits per heavy atom. The first-order valence-electron chi connectivity index (χ1n) is 8.88. The minimum atomic E-state index is -4.64. The highest BCUT2D eigenvalue weighted by atomic mass is 31.2. The van der Waals surface area contributed by atoms with Crippen molar-refractivity contribution in [3.05, 3.63) is 35.4 Å². The zero-order valence-electron chi connectivity index (χ0n) is 15.1. The molecule has 27 heavy (non-hydrogen) atoms. The molecule has 5 atom stereocenters. The van der Waals surface area contributed by atoms with Gasteiger partial charge in [-0.2, -0.15) is 0 Å². The van der Waals surface area contributed by atoms with Crippen LogP contribution in [0.4, 0.5) is 0 Å². The predicted octanol–water partition coefficient (Wildman–Crippen LogP) is 0.572. The van der Waals surface area contributed by atoms with Crippen molar-refractivity contribution in [2.45, 2.75) is 36.5 Å². The molecule has 0 radical (unpaired) electrons. The molecule has 0 saturated carbocycles. The van der Waals surface area contributed by atoms with Gasteiger partial charge in [0.1, 0.15) is 12.2 Å². The monoisotopic (exact) mass is 397 g/mol. The summed E-state index contributed by atoms with van der Waals surface area (Å²) in [5.41, 5.74) is 2.60. The van der Waals surface area contributed by atoms with Crippen LogP contribution in [-0.2, 0) is 16.4 Å². The molecule has 4 aliphatic rings. The number of aliphatic hydroxyl groups is 1. The maximum absolute atomic E-state index is 10.6. The van der Waals surface area contributed by atoms with Crippen molar-refractivity contribution < 1.29 is 33.8 Å². The van der Waals surface area contributed by atoms with E-state index < -0.39 is 13.9 Å². The van der Waals surface area contributed by atoms with Gasteiger partial charge in [0.2, 0.25) is 0 Å². The van der Waals surface area contributed by atoms with Crippen molar-refractivity contribution in [3.8, 4) is 11.5 Å². The van der Waals surface area contributed by atoms with Gasteiger partial charge >= 0.3 is 7.82 Å². The molecule has 5 rings (SSSR count). The van der Waals surface area contributed by atoms with Crippen molar-refractivity contribution in [1.29, 1.82) is 0 Å². The maximum Gasteiger partial charge on any atom is 0.466 e. The number of aliphatic hydroxyl groups excluding tert-OH is 1. The van der Waals surface area contributed by atoms with Crippen molar-refractivity contribution in [3.63, 3.8) is 0 Å². The number of piperidine rings is 1. The molecule has 2 aliphatic heterocycles. The highest BCUT2D eigenvalue weighted by Gasteiger charge is 2.64. The molecule has 0 amide bonds. The van der Waals surface area contributed by atoms with Crippen molar-refractivity contribution in [2.24, 2.45) is 5.92 Å². The lowest BCUT2D eigenvalue weighted by Gasteiger charge is -2.56. The summed E-state index contributed by atoms with van der Waals surface area (Å²) in [7, 11) is -0.732. The molecule has 2 bridgehead atoms. The van der Waals surface area contributed by atoms with E-state index in [9.17, 15) is 5.11 Å². The fraction of sp³-hybridized carbons (Fsp3) is 0.556. The van der Waals surface area contributed by atoms with Crippen LogP contribution in [0, 0.1) is 5.92 Å². The zero-order valence-corrected chi connectivity index (χ0v) is 16.0. The highest BCUT2D eigenvalue weighted by Crippen LogP contribution is 2.62. The van der Waals surface area contributed by atoms with Crippen molar-refractivity contribution >= 4 is 7.82 Å². The maximum atomic E-state index is 10.6. The van der Waals surface area contributed by atoms with Crippen LogP contribution in [0.1, 0.15) is 17.5 Å². The topological polar surface area (TPSA) is 120 Å². The summed E-state index contributed by atoms with van der Waals surface area (Å²) in [6.07, 6.45) is 5.54. The Kier molecular flexibility index (Phi) is 4.42. The number of hydrogen-bond acceptors (Lipinski definition) is 5. The normalized spacial score (nSPS) is 35.6. The van der Waals surface area contributed by atoms with E-state index in [0.29, 0.717) is 12.0 Å². The SMILES string of the molecule is COc1ccc2c3c1OC1C(O)C=CC4C(C2)N(C)CCC341.O=P(O)(O)O. The van der Waals surface area contributed by atoms with Gasteiger partial charge in [0.15, 0.2) is 11.5 Å². The van der Waals surface area contributed by atoms with E-state index in [1.54, 1.807) is 7.11 Å². The summed E-state index contributed by atoms with van der Waals surface area (Å²) in [4.78, 5) is 24.0. The fourth-order valence-corrected chi connectivity index (χ4v) is 5.39. The van der Waals surface area contributed by atoms with Gasteiger partial charge in [0.05, 0.1) is 7.11 Å². The lowest BCUT2D eigenvalue weighted by Crippen LogP contribution is -2.64. The smallest absolute Gasteiger partial charge is 0.466 e. The first kappa shape index (κ1) is 18.9. The number of benzene rings is 1. The molecule has 1 aromatic carbocycles. The Morgan fingerprint density at radius 2 is 2.00 bits per heavy atom. The molecule has 5 unspecified atom stereocenters. The van der Waals surface area contributed by atoms with E-state index in [0.717, 1.165) is 30.9 Å². The molecule has 9 heteroatoms. The van der Waals surface area contributed by atoms with Crippen LogP contribution in [0.25, 0.3) is 0 Å². The number of ether oxygens (including phenoxy) is 2. The molecule has 0 aromatic heterocycles. The second kappa shape index (κ2) is 6.30. The second-order valence-electron chi connectivity index (χ2n) is 7.63. The van der Waals surface area contributed by atoms with E-state index in [-0.39, 0.29) is 11.5 Å². The molecular weight excluding hydrogens is 373 g/mol. The lowest BCUT2D eigenvalue weighted by atomic mass is 9.53. The van der Waals surface area contributed by atoms with Gasteiger partial charge < -0.3 is 34.2 Å². The molecule has 1 saturated heterocycles. The van der Waals surface area contributed by atoms with Crippen LogP contribution in [0.15, 0.2) is 24.3 Å². The fourth-order valence-electron chi connectivity index (χ4n) is 5.39. The third-order valence-electron chi connectivity index (χ3n) is 6.35. The standard InChI is InChI=1S/C18H21NO3.H3O4P/c1-19-8-7-18-11-4-5-13(20)17(18)22-16-14(21-2)6-3-10(15(16)18)9-12(11)19;1-5(2,3)4/h3-6,11-13,17,20H,7-9H2,1-2H3;(H3,1,2,3,4). The molecular formula is C18H24NO7P. The third kappa shape index (κ3) is 2.83. The van der Waals surface area contributed by atoms with Crippen LogP contribution in [0.2, 0.25) is 0 Å². The molecule has 8 nitrogen and oxygen atoms in total. The van der Waals surface area contributed by atoms with Crippen LogP contribution in [-0.4, -0.2) is 63.6 Å². The number of hydrogen-bond donors (Lipinski definition) is 4. The molecule has 4 N–H and O–H groups in total. The average Bonchev–Trinajstić information content (AvgIpc) is 2.93. The Morgan fingerprint density at radius 1 is 1.30 bits per heavy atom. The quantitative estimate of drug-likeness (QED) is 0.401. The first-order chi connectivity index (χ1) is 12.7. The summed E-state index contributed by atoms with van der Waals surface area (Å²) < 4.78 is 20.7. The molecule has 1 fully saturated rings. The average molecular weight is 397 g/mol. The van der Waals surface area contributed by atoms with Crippen LogP contribution < -0.4 is 9.47 Å². The highest BCUT2D eigenvalue weighted by molar-refractivity contribution is 7.45. The minimum absolute atomic E-state index is 0.0806. The summed E-state index contributed by atoms with van der Waals surface area (Å²) in [6.45, 7) is 1.05. The van der Waals surface area contributed by atoms with Gasteiger partial charge in [-0.1, -0.05) is 18.2 Å². The molecule has 1 aromatic rings. The largest absolute Gasteiger partial charge is 0.493 e. The van der Waals surface area contributed by atoms with Crippen LogP contribution in [0.5, 0.6) is 11.5 Å². The van der Waals surface area contributed by atoms with Gasteiger partial charge in [-0.3, -0.25) is 0 Å². The Hall–Kier alpha value is -1.41. The number of methoxy groups -OCH3 is 1. The van der Waals surface area contributed by atoms with Gasteiger partial charge in [-0.15, -0.1) is 0 Å². The number of rotatable bonds is 1. The number of nitrogens with zero attached hydrogens (tertiary/aromatic N) is 1. The summed E-state index contributed by atoms with van der Waals surface area (Å²) in [5, 5.41) is 10.6. The Bertz CT molecular complexity index is 829. The lowest BCUT2D eigenvalue weighted by molar-refractivity contribution is -0.0453.